The molecule has 5 heteroatoms. The van der Waals surface area contributed by atoms with Gasteiger partial charge < -0.3 is 5.11 Å². The third-order valence-corrected chi connectivity index (χ3v) is 1.70. The number of carbonyl (C=O) groups is 1. The number of hydrazone groups is 1. The smallest absolute Gasteiger partial charge is 0.425 e. The minimum atomic E-state index is -1.15. The van der Waals surface area contributed by atoms with Gasteiger partial charge in [0, 0.05) is 4.88 Å². The second kappa shape index (κ2) is 3.72. The lowest BCUT2D eigenvalue weighted by molar-refractivity contribution is 0.195. The fraction of sp³-hybridized carbons (Fsp3) is 0. The SMILES string of the molecule is O=C(O)NN=Cc1cccs1. The van der Waals surface area contributed by atoms with Crippen molar-refractivity contribution in [3.8, 4) is 0 Å². The molecule has 0 aromatic carbocycles. The highest BCUT2D eigenvalue weighted by Gasteiger charge is 1.88. The second-order valence-electron chi connectivity index (χ2n) is 1.69. The molecule has 0 aliphatic rings. The molecule has 0 saturated carbocycles. The predicted molar refractivity (Wildman–Crippen MR) is 43.1 cm³/mol. The number of amides is 1. The molecule has 1 aromatic rings. The molecular formula is C6H6N2O2S. The molecule has 0 spiro atoms. The van der Waals surface area contributed by atoms with Crippen molar-refractivity contribution in [1.29, 1.82) is 0 Å². The maximum Gasteiger partial charge on any atom is 0.425 e. The summed E-state index contributed by atoms with van der Waals surface area (Å²) >= 11 is 1.49. The molecule has 0 unspecified atom stereocenters. The Hall–Kier alpha value is -1.36. The van der Waals surface area contributed by atoms with Gasteiger partial charge in [0.1, 0.15) is 0 Å². The Bertz CT molecular complexity index is 256. The number of thiophene rings is 1. The maximum absolute atomic E-state index is 9.91. The molecular weight excluding hydrogens is 164 g/mol. The van der Waals surface area contributed by atoms with Crippen LogP contribution in [0, 0.1) is 0 Å². The second-order valence-corrected chi connectivity index (χ2v) is 2.67. The molecule has 0 fully saturated rings. The summed E-state index contributed by atoms with van der Waals surface area (Å²) in [5, 5.41) is 13.5. The van der Waals surface area contributed by atoms with E-state index >= 15 is 0 Å². The number of hydrogen-bond donors (Lipinski definition) is 2. The lowest BCUT2D eigenvalue weighted by Gasteiger charge is -1.86. The minimum Gasteiger partial charge on any atom is -0.464 e. The summed E-state index contributed by atoms with van der Waals surface area (Å²) in [5.41, 5.74) is 1.88. The van der Waals surface area contributed by atoms with E-state index < -0.39 is 6.09 Å². The van der Waals surface area contributed by atoms with E-state index in [1.165, 1.54) is 17.6 Å². The van der Waals surface area contributed by atoms with Gasteiger partial charge in [-0.1, -0.05) is 6.07 Å². The van der Waals surface area contributed by atoms with Crippen LogP contribution in [0.2, 0.25) is 0 Å². The number of rotatable bonds is 2. The Morgan fingerprint density at radius 2 is 2.64 bits per heavy atom. The van der Waals surface area contributed by atoms with Crippen molar-refractivity contribution in [2.45, 2.75) is 0 Å². The van der Waals surface area contributed by atoms with Gasteiger partial charge in [-0.2, -0.15) is 5.10 Å². The Labute approximate surface area is 67.2 Å². The third-order valence-electron chi connectivity index (χ3n) is 0.895. The Morgan fingerprint density at radius 3 is 3.18 bits per heavy atom. The summed E-state index contributed by atoms with van der Waals surface area (Å²) in [4.78, 5) is 10.8. The van der Waals surface area contributed by atoms with Crippen LogP contribution in [-0.4, -0.2) is 17.4 Å². The van der Waals surface area contributed by atoms with Gasteiger partial charge in [-0.3, -0.25) is 0 Å². The van der Waals surface area contributed by atoms with Crippen molar-refractivity contribution < 1.29 is 9.90 Å². The molecule has 0 bridgehead atoms. The van der Waals surface area contributed by atoms with Gasteiger partial charge >= 0.3 is 6.09 Å². The van der Waals surface area contributed by atoms with E-state index in [2.05, 4.69) is 5.10 Å². The van der Waals surface area contributed by atoms with E-state index in [1.54, 1.807) is 0 Å². The number of nitrogens with one attached hydrogen (secondary N) is 1. The van der Waals surface area contributed by atoms with Crippen LogP contribution in [0.25, 0.3) is 0 Å². The first kappa shape index (κ1) is 7.74. The fourth-order valence-electron chi connectivity index (χ4n) is 0.516. The molecule has 4 nitrogen and oxygen atoms in total. The molecule has 2 N–H and O–H groups in total. The highest BCUT2D eigenvalue weighted by molar-refractivity contribution is 7.11. The predicted octanol–water partition coefficient (Wildman–Crippen LogP) is 1.35. The van der Waals surface area contributed by atoms with Crippen molar-refractivity contribution in [2.24, 2.45) is 5.10 Å². The van der Waals surface area contributed by atoms with E-state index in [-0.39, 0.29) is 0 Å². The largest absolute Gasteiger partial charge is 0.464 e. The molecule has 1 amide bonds. The number of nitrogens with zero attached hydrogens (tertiary/aromatic N) is 1. The van der Waals surface area contributed by atoms with Crippen molar-refractivity contribution in [1.82, 2.24) is 5.43 Å². The van der Waals surface area contributed by atoms with Crippen molar-refractivity contribution in [2.75, 3.05) is 0 Å². The molecule has 1 rings (SSSR count). The summed E-state index contributed by atoms with van der Waals surface area (Å²) in [6.07, 6.45) is 0.302. The highest BCUT2D eigenvalue weighted by atomic mass is 32.1. The van der Waals surface area contributed by atoms with Crippen LogP contribution < -0.4 is 5.43 Å². The maximum atomic E-state index is 9.91. The van der Waals surface area contributed by atoms with Gasteiger partial charge in [-0.15, -0.1) is 11.3 Å². The molecule has 1 heterocycles. The van der Waals surface area contributed by atoms with Crippen LogP contribution in [0.5, 0.6) is 0 Å². The molecule has 0 aliphatic carbocycles. The normalized spacial score (nSPS) is 10.2. The number of carboxylic acid groups (broad SMARTS) is 1. The first-order valence-electron chi connectivity index (χ1n) is 2.84. The van der Waals surface area contributed by atoms with Gasteiger partial charge in [-0.25, -0.2) is 10.2 Å². The summed E-state index contributed by atoms with van der Waals surface area (Å²) in [7, 11) is 0. The Morgan fingerprint density at radius 1 is 1.82 bits per heavy atom. The highest BCUT2D eigenvalue weighted by Crippen LogP contribution is 2.03. The summed E-state index contributed by atoms with van der Waals surface area (Å²) < 4.78 is 0. The van der Waals surface area contributed by atoms with Gasteiger partial charge in [0.15, 0.2) is 0 Å². The Kier molecular flexibility index (Phi) is 2.62. The van der Waals surface area contributed by atoms with E-state index in [9.17, 15) is 4.79 Å². The standard InChI is InChI=1S/C6H6N2O2S/c9-6(10)8-7-4-5-2-1-3-11-5/h1-4,8H,(H,9,10). The summed E-state index contributed by atoms with van der Waals surface area (Å²) in [6.45, 7) is 0. The van der Waals surface area contributed by atoms with Crippen molar-refractivity contribution >= 4 is 23.6 Å². The quantitative estimate of drug-likeness (QED) is 0.519. The van der Waals surface area contributed by atoms with E-state index in [0.717, 1.165) is 4.88 Å². The van der Waals surface area contributed by atoms with Crippen LogP contribution in [0.1, 0.15) is 4.88 Å². The average molecular weight is 170 g/mol. The number of hydrogen-bond acceptors (Lipinski definition) is 3. The van der Waals surface area contributed by atoms with Crippen molar-refractivity contribution in [3.05, 3.63) is 22.4 Å². The van der Waals surface area contributed by atoms with E-state index in [4.69, 9.17) is 5.11 Å². The van der Waals surface area contributed by atoms with Crippen LogP contribution >= 0.6 is 11.3 Å². The first-order valence-corrected chi connectivity index (χ1v) is 3.72. The zero-order chi connectivity index (χ0) is 8.10. The van der Waals surface area contributed by atoms with Crippen LogP contribution in [0.4, 0.5) is 4.79 Å². The Balaban J connectivity index is 2.43. The van der Waals surface area contributed by atoms with E-state index in [1.807, 2.05) is 22.9 Å². The van der Waals surface area contributed by atoms with Crippen LogP contribution in [-0.2, 0) is 0 Å². The first-order chi connectivity index (χ1) is 5.29. The topological polar surface area (TPSA) is 61.7 Å². The molecule has 58 valence electrons. The molecule has 0 atom stereocenters. The average Bonchev–Trinajstić information content (AvgIpc) is 2.39. The van der Waals surface area contributed by atoms with Crippen LogP contribution in [0.15, 0.2) is 22.6 Å². The summed E-state index contributed by atoms with van der Waals surface area (Å²) in [6, 6.07) is 3.71. The molecule has 0 radical (unpaired) electrons. The molecule has 0 saturated heterocycles. The van der Waals surface area contributed by atoms with Gasteiger partial charge in [0.05, 0.1) is 6.21 Å². The van der Waals surface area contributed by atoms with Gasteiger partial charge in [-0.05, 0) is 11.4 Å². The van der Waals surface area contributed by atoms with Gasteiger partial charge in [0.2, 0.25) is 0 Å². The zero-order valence-corrected chi connectivity index (χ0v) is 6.34. The minimum absolute atomic E-state index is 0.916. The fourth-order valence-corrected chi connectivity index (χ4v) is 1.10. The summed E-state index contributed by atoms with van der Waals surface area (Å²) in [5.74, 6) is 0. The lowest BCUT2D eigenvalue weighted by atomic mass is 10.5. The molecule has 0 aliphatic heterocycles. The third kappa shape index (κ3) is 2.81. The van der Waals surface area contributed by atoms with E-state index in [0.29, 0.717) is 0 Å². The van der Waals surface area contributed by atoms with Gasteiger partial charge in [0.25, 0.3) is 0 Å². The van der Waals surface area contributed by atoms with Crippen molar-refractivity contribution in [3.63, 3.8) is 0 Å². The zero-order valence-electron chi connectivity index (χ0n) is 5.52. The molecule has 11 heavy (non-hydrogen) atoms. The lowest BCUT2D eigenvalue weighted by Crippen LogP contribution is -2.13. The monoisotopic (exact) mass is 170 g/mol. The van der Waals surface area contributed by atoms with Crippen LogP contribution in [0.3, 0.4) is 0 Å². The molecule has 1 aromatic heterocycles.